The topological polar surface area (TPSA) is 87.2 Å². The zero-order chi connectivity index (χ0) is 14.0. The molecule has 1 aromatic rings. The van der Waals surface area contributed by atoms with Crippen molar-refractivity contribution >= 4 is 15.9 Å². The zero-order valence-electron chi connectivity index (χ0n) is 11.0. The summed E-state index contributed by atoms with van der Waals surface area (Å²) in [7, 11) is -3.41. The number of piperidine rings is 1. The summed E-state index contributed by atoms with van der Waals surface area (Å²) in [5.74, 6) is 0.178. The van der Waals surface area contributed by atoms with Crippen LogP contribution in [-0.4, -0.2) is 31.6 Å². The van der Waals surface area contributed by atoms with E-state index in [2.05, 4.69) is 0 Å². The minimum Gasteiger partial charge on any atom is -0.387 e. The highest BCUT2D eigenvalue weighted by Gasteiger charge is 2.30. The SMILES string of the molecule is Cc1ccc(S(=O)(=O)N2CCC(C(=N)N)CC2)cc1. The van der Waals surface area contributed by atoms with Crippen molar-refractivity contribution in [2.45, 2.75) is 24.7 Å². The minimum atomic E-state index is -3.41. The van der Waals surface area contributed by atoms with Crippen molar-refractivity contribution in [2.75, 3.05) is 13.1 Å². The number of amidine groups is 1. The second-order valence-corrected chi connectivity index (χ2v) is 6.88. The monoisotopic (exact) mass is 281 g/mol. The van der Waals surface area contributed by atoms with Crippen LogP contribution in [0.2, 0.25) is 0 Å². The lowest BCUT2D eigenvalue weighted by Crippen LogP contribution is -2.41. The number of aryl methyl sites for hydroxylation is 1. The van der Waals surface area contributed by atoms with Gasteiger partial charge in [-0.15, -0.1) is 0 Å². The summed E-state index contributed by atoms with van der Waals surface area (Å²) >= 11 is 0. The number of nitrogens with zero attached hydrogens (tertiary/aromatic N) is 1. The first-order valence-electron chi connectivity index (χ1n) is 6.32. The second-order valence-electron chi connectivity index (χ2n) is 4.95. The molecule has 1 heterocycles. The third-order valence-corrected chi connectivity index (χ3v) is 5.47. The summed E-state index contributed by atoms with van der Waals surface area (Å²) in [4.78, 5) is 0.333. The largest absolute Gasteiger partial charge is 0.387 e. The average molecular weight is 281 g/mol. The van der Waals surface area contributed by atoms with Crippen molar-refractivity contribution in [3.05, 3.63) is 29.8 Å². The summed E-state index contributed by atoms with van der Waals surface area (Å²) in [6.07, 6.45) is 1.25. The molecule has 0 aliphatic carbocycles. The van der Waals surface area contributed by atoms with Crippen LogP contribution in [-0.2, 0) is 10.0 Å². The molecule has 0 spiro atoms. The molecule has 19 heavy (non-hydrogen) atoms. The van der Waals surface area contributed by atoms with Gasteiger partial charge in [0.05, 0.1) is 10.7 Å². The predicted octanol–water partition coefficient (Wildman–Crippen LogP) is 1.33. The Morgan fingerprint density at radius 2 is 1.79 bits per heavy atom. The number of sulfonamides is 1. The lowest BCUT2D eigenvalue weighted by atomic mass is 9.97. The first-order valence-corrected chi connectivity index (χ1v) is 7.76. The van der Waals surface area contributed by atoms with Crippen molar-refractivity contribution in [3.63, 3.8) is 0 Å². The van der Waals surface area contributed by atoms with Crippen LogP contribution in [0.3, 0.4) is 0 Å². The Morgan fingerprint density at radius 3 is 2.26 bits per heavy atom. The zero-order valence-corrected chi connectivity index (χ0v) is 11.8. The van der Waals surface area contributed by atoms with Gasteiger partial charge in [0, 0.05) is 19.0 Å². The highest BCUT2D eigenvalue weighted by atomic mass is 32.2. The van der Waals surface area contributed by atoms with E-state index in [1.54, 1.807) is 24.3 Å². The second kappa shape index (κ2) is 5.30. The van der Waals surface area contributed by atoms with Crippen LogP contribution >= 0.6 is 0 Å². The third-order valence-electron chi connectivity index (χ3n) is 3.55. The van der Waals surface area contributed by atoms with Crippen LogP contribution < -0.4 is 5.73 Å². The summed E-state index contributed by atoms with van der Waals surface area (Å²) in [5.41, 5.74) is 6.50. The van der Waals surface area contributed by atoms with Crippen molar-refractivity contribution in [3.8, 4) is 0 Å². The molecule has 0 bridgehead atoms. The molecule has 1 saturated heterocycles. The number of hydrogen-bond donors (Lipinski definition) is 2. The maximum absolute atomic E-state index is 12.4. The van der Waals surface area contributed by atoms with Crippen molar-refractivity contribution in [1.29, 1.82) is 5.41 Å². The molecular weight excluding hydrogens is 262 g/mol. The first-order chi connectivity index (χ1) is 8.91. The molecule has 0 saturated carbocycles. The molecule has 0 unspecified atom stereocenters. The normalized spacial score (nSPS) is 18.4. The Bertz CT molecular complexity index is 558. The van der Waals surface area contributed by atoms with Gasteiger partial charge in [-0.2, -0.15) is 4.31 Å². The summed E-state index contributed by atoms with van der Waals surface area (Å²) < 4.78 is 26.3. The standard InChI is InChI=1S/C13H19N3O2S/c1-10-2-4-12(5-3-10)19(17,18)16-8-6-11(7-9-16)13(14)15/h2-5,11H,6-9H2,1H3,(H3,14,15). The molecule has 104 valence electrons. The van der Waals surface area contributed by atoms with E-state index in [-0.39, 0.29) is 11.8 Å². The maximum Gasteiger partial charge on any atom is 0.243 e. The minimum absolute atomic E-state index is 0.0180. The molecule has 5 nitrogen and oxygen atoms in total. The fraction of sp³-hybridized carbons (Fsp3) is 0.462. The van der Waals surface area contributed by atoms with E-state index in [4.69, 9.17) is 11.1 Å². The van der Waals surface area contributed by atoms with Gasteiger partial charge in [-0.25, -0.2) is 8.42 Å². The Hall–Kier alpha value is -1.40. The molecular formula is C13H19N3O2S. The van der Waals surface area contributed by atoms with Gasteiger partial charge in [-0.1, -0.05) is 17.7 Å². The number of rotatable bonds is 3. The smallest absolute Gasteiger partial charge is 0.243 e. The molecule has 1 aliphatic rings. The molecule has 0 aromatic heterocycles. The maximum atomic E-state index is 12.4. The summed E-state index contributed by atoms with van der Waals surface area (Å²) in [5, 5.41) is 7.41. The highest BCUT2D eigenvalue weighted by molar-refractivity contribution is 7.89. The van der Waals surface area contributed by atoms with Gasteiger partial charge in [0.2, 0.25) is 10.0 Å². The van der Waals surface area contributed by atoms with Gasteiger partial charge in [0.1, 0.15) is 0 Å². The van der Waals surface area contributed by atoms with Crippen molar-refractivity contribution in [2.24, 2.45) is 11.7 Å². The number of nitrogens with one attached hydrogen (secondary N) is 1. The van der Waals surface area contributed by atoms with E-state index < -0.39 is 10.0 Å². The molecule has 0 radical (unpaired) electrons. The Morgan fingerprint density at radius 1 is 1.26 bits per heavy atom. The van der Waals surface area contributed by atoms with E-state index in [0.717, 1.165) is 5.56 Å². The molecule has 6 heteroatoms. The molecule has 1 aromatic carbocycles. The van der Waals surface area contributed by atoms with E-state index in [1.807, 2.05) is 6.92 Å². The average Bonchev–Trinajstić information content (AvgIpc) is 2.39. The lowest BCUT2D eigenvalue weighted by Gasteiger charge is -2.30. The first kappa shape index (κ1) is 14.0. The van der Waals surface area contributed by atoms with Crippen LogP contribution in [0.4, 0.5) is 0 Å². The fourth-order valence-electron chi connectivity index (χ4n) is 2.27. The molecule has 2 rings (SSSR count). The molecule has 3 N–H and O–H groups in total. The van der Waals surface area contributed by atoms with Crippen molar-refractivity contribution < 1.29 is 8.42 Å². The third kappa shape index (κ3) is 2.96. The van der Waals surface area contributed by atoms with Gasteiger partial charge in [-0.05, 0) is 31.9 Å². The van der Waals surface area contributed by atoms with Gasteiger partial charge in [0.15, 0.2) is 0 Å². The number of nitrogens with two attached hydrogens (primary N) is 1. The van der Waals surface area contributed by atoms with E-state index >= 15 is 0 Å². The van der Waals surface area contributed by atoms with E-state index in [9.17, 15) is 8.42 Å². The highest BCUT2D eigenvalue weighted by Crippen LogP contribution is 2.23. The van der Waals surface area contributed by atoms with E-state index in [1.165, 1.54) is 4.31 Å². The molecule has 0 atom stereocenters. The van der Waals surface area contributed by atoms with Gasteiger partial charge >= 0.3 is 0 Å². The fourth-order valence-corrected chi connectivity index (χ4v) is 3.74. The predicted molar refractivity (Wildman–Crippen MR) is 74.6 cm³/mol. The van der Waals surface area contributed by atoms with Crippen molar-refractivity contribution in [1.82, 2.24) is 4.31 Å². The van der Waals surface area contributed by atoms with Crippen LogP contribution in [0, 0.1) is 18.3 Å². The van der Waals surface area contributed by atoms with Gasteiger partial charge in [0.25, 0.3) is 0 Å². The lowest BCUT2D eigenvalue weighted by molar-refractivity contribution is 0.314. The quantitative estimate of drug-likeness (QED) is 0.647. The molecule has 0 amide bonds. The van der Waals surface area contributed by atoms with Crippen LogP contribution in [0.25, 0.3) is 0 Å². The van der Waals surface area contributed by atoms with Gasteiger partial charge in [-0.3, -0.25) is 5.41 Å². The summed E-state index contributed by atoms with van der Waals surface area (Å²) in [6.45, 7) is 2.79. The van der Waals surface area contributed by atoms with Gasteiger partial charge < -0.3 is 5.73 Å². The van der Waals surface area contributed by atoms with Crippen LogP contribution in [0.5, 0.6) is 0 Å². The number of hydrogen-bond acceptors (Lipinski definition) is 3. The van der Waals surface area contributed by atoms with Crippen LogP contribution in [0.1, 0.15) is 18.4 Å². The Kier molecular flexibility index (Phi) is 3.91. The number of benzene rings is 1. The van der Waals surface area contributed by atoms with E-state index in [0.29, 0.717) is 30.8 Å². The van der Waals surface area contributed by atoms with Crippen LogP contribution in [0.15, 0.2) is 29.2 Å². The summed E-state index contributed by atoms with van der Waals surface area (Å²) in [6, 6.07) is 6.88. The Balaban J connectivity index is 2.14. The Labute approximate surface area is 114 Å². The molecule has 1 fully saturated rings. The molecule has 1 aliphatic heterocycles.